The normalized spacial score (nSPS) is 15.6. The predicted molar refractivity (Wildman–Crippen MR) is 122 cm³/mol. The molecular formula is C23H24N2O5S. The molecule has 3 rings (SSSR count). The van der Waals surface area contributed by atoms with Crippen molar-refractivity contribution >= 4 is 39.6 Å². The van der Waals surface area contributed by atoms with Crippen molar-refractivity contribution in [3.05, 3.63) is 77.4 Å². The van der Waals surface area contributed by atoms with Crippen molar-refractivity contribution < 1.29 is 23.1 Å². The summed E-state index contributed by atoms with van der Waals surface area (Å²) < 4.78 is 24.7. The first-order valence-corrected chi connectivity index (χ1v) is 11.6. The van der Waals surface area contributed by atoms with Gasteiger partial charge < -0.3 is 10.0 Å². The number of anilines is 1. The average Bonchev–Trinajstić information content (AvgIpc) is 2.76. The summed E-state index contributed by atoms with van der Waals surface area (Å²) in [4.78, 5) is 25.1. The van der Waals surface area contributed by atoms with Crippen LogP contribution in [0.4, 0.5) is 5.69 Å². The molecule has 2 aromatic rings. The van der Waals surface area contributed by atoms with Crippen molar-refractivity contribution in [1.82, 2.24) is 4.31 Å². The second-order valence-corrected chi connectivity index (χ2v) is 9.21. The number of hydrogen-bond donors (Lipinski definition) is 1. The Bertz CT molecular complexity index is 1100. The summed E-state index contributed by atoms with van der Waals surface area (Å²) in [6, 6.07) is 14.5. The molecule has 1 fully saturated rings. The van der Waals surface area contributed by atoms with Gasteiger partial charge in [0.15, 0.2) is 5.78 Å². The number of carbonyl (C=O) groups is 2. The zero-order valence-corrected chi connectivity index (χ0v) is 18.0. The summed E-state index contributed by atoms with van der Waals surface area (Å²) in [5, 5.41) is 8.65. The van der Waals surface area contributed by atoms with E-state index < -0.39 is 16.0 Å². The zero-order valence-electron chi connectivity index (χ0n) is 17.1. The minimum atomic E-state index is -3.16. The molecule has 0 amide bonds. The first-order chi connectivity index (χ1) is 14.7. The molecule has 31 heavy (non-hydrogen) atoms. The highest BCUT2D eigenvalue weighted by Crippen LogP contribution is 2.19. The molecule has 0 aliphatic carbocycles. The Hall–Kier alpha value is -3.23. The third-order valence-corrected chi connectivity index (χ3v) is 6.31. The van der Waals surface area contributed by atoms with Crippen molar-refractivity contribution in [1.29, 1.82) is 0 Å². The second kappa shape index (κ2) is 9.72. The van der Waals surface area contributed by atoms with Gasteiger partial charge in [0.2, 0.25) is 10.0 Å². The van der Waals surface area contributed by atoms with Crippen molar-refractivity contribution in [2.75, 3.05) is 37.3 Å². The fourth-order valence-corrected chi connectivity index (χ4v) is 4.09. The van der Waals surface area contributed by atoms with Crippen LogP contribution in [0.3, 0.4) is 0 Å². The highest BCUT2D eigenvalue weighted by atomic mass is 32.2. The van der Waals surface area contributed by atoms with E-state index in [0.717, 1.165) is 22.9 Å². The summed E-state index contributed by atoms with van der Waals surface area (Å²) in [6.07, 6.45) is 7.02. The van der Waals surface area contributed by atoms with Crippen molar-refractivity contribution in [3.63, 3.8) is 0 Å². The number of allylic oxidation sites excluding steroid dienone is 1. The van der Waals surface area contributed by atoms with Gasteiger partial charge >= 0.3 is 5.97 Å². The lowest BCUT2D eigenvalue weighted by Crippen LogP contribution is -2.48. The van der Waals surface area contributed by atoms with E-state index in [1.807, 2.05) is 24.3 Å². The molecule has 0 atom stereocenters. The van der Waals surface area contributed by atoms with Gasteiger partial charge in [-0.2, -0.15) is 4.31 Å². The molecule has 0 aromatic heterocycles. The maximum Gasteiger partial charge on any atom is 0.328 e. The lowest BCUT2D eigenvalue weighted by atomic mass is 10.1. The number of ketones is 1. The summed E-state index contributed by atoms with van der Waals surface area (Å²) in [5.41, 5.74) is 3.12. The van der Waals surface area contributed by atoms with Crippen LogP contribution in [0.2, 0.25) is 0 Å². The number of benzene rings is 2. The Balaban J connectivity index is 1.58. The maximum atomic E-state index is 12.5. The molecule has 8 heteroatoms. The largest absolute Gasteiger partial charge is 0.478 e. The fraction of sp³-hybridized carbons (Fsp3) is 0.217. The third-order valence-electron chi connectivity index (χ3n) is 5.01. The standard InChI is InChI=1S/C23H24N2O5S/c1-31(29,30)25-16-14-24(15-17-25)21-10-8-20(9-11-21)22(26)12-6-18-2-4-19(5-3-18)7-13-23(27)28/h2-13H,14-17H2,1H3,(H,27,28). The van der Waals surface area contributed by atoms with Crippen LogP contribution in [-0.2, 0) is 14.8 Å². The number of carboxylic acids is 1. The number of rotatable bonds is 7. The smallest absolute Gasteiger partial charge is 0.328 e. The minimum Gasteiger partial charge on any atom is -0.478 e. The number of aliphatic carboxylic acids is 1. The van der Waals surface area contributed by atoms with Gasteiger partial charge in [-0.3, -0.25) is 4.79 Å². The highest BCUT2D eigenvalue weighted by Gasteiger charge is 2.23. The van der Waals surface area contributed by atoms with E-state index in [2.05, 4.69) is 4.90 Å². The first kappa shape index (κ1) is 22.5. The molecule has 7 nitrogen and oxygen atoms in total. The first-order valence-electron chi connectivity index (χ1n) is 9.76. The molecule has 0 radical (unpaired) electrons. The number of hydrogen-bond acceptors (Lipinski definition) is 5. The van der Waals surface area contributed by atoms with Crippen LogP contribution in [0.15, 0.2) is 60.7 Å². The van der Waals surface area contributed by atoms with Crippen LogP contribution in [-0.4, -0.2) is 62.0 Å². The lowest BCUT2D eigenvalue weighted by molar-refractivity contribution is -0.131. The Kier molecular flexibility index (Phi) is 7.04. The van der Waals surface area contributed by atoms with E-state index in [1.54, 1.807) is 30.3 Å². The van der Waals surface area contributed by atoms with Gasteiger partial charge in [-0.15, -0.1) is 0 Å². The molecular weight excluding hydrogens is 416 g/mol. The Morgan fingerprint density at radius 3 is 1.84 bits per heavy atom. The summed E-state index contributed by atoms with van der Waals surface area (Å²) in [7, 11) is -3.16. The van der Waals surface area contributed by atoms with Gasteiger partial charge in [-0.25, -0.2) is 13.2 Å². The predicted octanol–water partition coefficient (Wildman–Crippen LogP) is 2.76. The van der Waals surface area contributed by atoms with Gasteiger partial charge in [-0.05, 0) is 47.5 Å². The van der Waals surface area contributed by atoms with Gasteiger partial charge in [0.25, 0.3) is 0 Å². The topological polar surface area (TPSA) is 95.0 Å². The van der Waals surface area contributed by atoms with Crippen LogP contribution in [0, 0.1) is 0 Å². The summed E-state index contributed by atoms with van der Waals surface area (Å²) >= 11 is 0. The quantitative estimate of drug-likeness (QED) is 0.526. The van der Waals surface area contributed by atoms with E-state index in [0.29, 0.717) is 31.7 Å². The molecule has 0 saturated carbocycles. The van der Waals surface area contributed by atoms with Crippen LogP contribution >= 0.6 is 0 Å². The van der Waals surface area contributed by atoms with Crippen molar-refractivity contribution in [2.45, 2.75) is 0 Å². The van der Waals surface area contributed by atoms with Gasteiger partial charge in [0.1, 0.15) is 0 Å². The number of carbonyl (C=O) groups excluding carboxylic acids is 1. The highest BCUT2D eigenvalue weighted by molar-refractivity contribution is 7.88. The maximum absolute atomic E-state index is 12.5. The van der Waals surface area contributed by atoms with Crippen LogP contribution < -0.4 is 4.90 Å². The molecule has 2 aromatic carbocycles. The molecule has 0 spiro atoms. The second-order valence-electron chi connectivity index (χ2n) is 7.23. The zero-order chi connectivity index (χ0) is 22.4. The summed E-state index contributed by atoms with van der Waals surface area (Å²) in [5.74, 6) is -1.12. The monoisotopic (exact) mass is 440 g/mol. The molecule has 0 unspecified atom stereocenters. The van der Waals surface area contributed by atoms with E-state index in [1.165, 1.54) is 22.7 Å². The van der Waals surface area contributed by atoms with E-state index in [4.69, 9.17) is 5.11 Å². The van der Waals surface area contributed by atoms with Crippen molar-refractivity contribution in [2.24, 2.45) is 0 Å². The third kappa shape index (κ3) is 6.37. The number of nitrogens with zero attached hydrogens (tertiary/aromatic N) is 2. The Morgan fingerprint density at radius 1 is 0.839 bits per heavy atom. The van der Waals surface area contributed by atoms with Gasteiger partial charge in [0.05, 0.1) is 6.26 Å². The molecule has 1 heterocycles. The van der Waals surface area contributed by atoms with Crippen molar-refractivity contribution in [3.8, 4) is 0 Å². The van der Waals surface area contributed by atoms with Gasteiger partial charge in [0, 0.05) is 43.5 Å². The lowest BCUT2D eigenvalue weighted by Gasteiger charge is -2.34. The van der Waals surface area contributed by atoms with E-state index >= 15 is 0 Å². The molecule has 1 aliphatic rings. The van der Waals surface area contributed by atoms with Crippen LogP contribution in [0.1, 0.15) is 21.5 Å². The number of carboxylic acid groups (broad SMARTS) is 1. The SMILES string of the molecule is CS(=O)(=O)N1CCN(c2ccc(C(=O)C=Cc3ccc(C=CC(=O)O)cc3)cc2)CC1. The minimum absolute atomic E-state index is 0.122. The molecule has 0 bridgehead atoms. The molecule has 162 valence electrons. The van der Waals surface area contributed by atoms with E-state index in [-0.39, 0.29) is 5.78 Å². The Morgan fingerprint density at radius 2 is 1.35 bits per heavy atom. The number of sulfonamides is 1. The van der Waals surface area contributed by atoms with Crippen LogP contribution in [0.25, 0.3) is 12.2 Å². The summed E-state index contributed by atoms with van der Waals surface area (Å²) in [6.45, 7) is 2.12. The number of piperazine rings is 1. The Labute approximate surface area is 182 Å². The average molecular weight is 441 g/mol. The fourth-order valence-electron chi connectivity index (χ4n) is 3.27. The van der Waals surface area contributed by atoms with Crippen LogP contribution in [0.5, 0.6) is 0 Å². The van der Waals surface area contributed by atoms with E-state index in [9.17, 15) is 18.0 Å². The van der Waals surface area contributed by atoms with Gasteiger partial charge in [-0.1, -0.05) is 30.3 Å². The molecule has 1 aliphatic heterocycles. The molecule has 1 saturated heterocycles. The molecule has 1 N–H and O–H groups in total.